The smallest absolute Gasteiger partial charge is 0.216 e. The third kappa shape index (κ3) is 8.75. The molecule has 7 heteroatoms. The highest BCUT2D eigenvalue weighted by Gasteiger charge is 2.05. The third-order valence-electron chi connectivity index (χ3n) is 4.09. The van der Waals surface area contributed by atoms with Crippen LogP contribution in [0, 0.1) is 13.8 Å². The Labute approximate surface area is 179 Å². The van der Waals surface area contributed by atoms with Crippen LogP contribution in [-0.2, 0) is 13.1 Å². The highest BCUT2D eigenvalue weighted by atomic mass is 127. The molecular formula is C20H32IN5O. The summed E-state index contributed by atoms with van der Waals surface area (Å²) in [5, 5.41) is 6.63. The molecule has 0 atom stereocenters. The number of aryl methyl sites for hydroxylation is 2. The maximum absolute atomic E-state index is 5.58. The quantitative estimate of drug-likeness (QED) is 0.247. The Bertz CT molecular complexity index is 667. The van der Waals surface area contributed by atoms with Gasteiger partial charge in [-0.3, -0.25) is 0 Å². The van der Waals surface area contributed by atoms with Crippen LogP contribution in [0.1, 0.15) is 36.3 Å². The standard InChI is InChI=1S/C20H31N5O.HI/c1-5-21-20(23-14-19-24-16(2)17(3)26-19)22-12-9-13-25(4)15-18-10-7-6-8-11-18;/h6-8,10-11H,5,9,12-15H2,1-4H3,(H2,21,22,23);1H. The van der Waals surface area contributed by atoms with Crippen LogP contribution in [0.25, 0.3) is 0 Å². The van der Waals surface area contributed by atoms with E-state index in [-0.39, 0.29) is 24.0 Å². The van der Waals surface area contributed by atoms with Gasteiger partial charge in [-0.1, -0.05) is 30.3 Å². The highest BCUT2D eigenvalue weighted by Crippen LogP contribution is 2.08. The van der Waals surface area contributed by atoms with Crippen molar-refractivity contribution >= 4 is 29.9 Å². The van der Waals surface area contributed by atoms with Crippen LogP contribution in [0.15, 0.2) is 39.7 Å². The molecular weight excluding hydrogens is 453 g/mol. The zero-order valence-electron chi connectivity index (χ0n) is 16.8. The molecule has 0 amide bonds. The monoisotopic (exact) mass is 485 g/mol. The number of guanidine groups is 1. The number of hydrogen-bond acceptors (Lipinski definition) is 4. The first-order chi connectivity index (χ1) is 12.6. The molecule has 0 unspecified atom stereocenters. The van der Waals surface area contributed by atoms with Gasteiger partial charge >= 0.3 is 0 Å². The highest BCUT2D eigenvalue weighted by molar-refractivity contribution is 14.0. The lowest BCUT2D eigenvalue weighted by molar-refractivity contribution is 0.322. The van der Waals surface area contributed by atoms with Crippen molar-refractivity contribution in [2.75, 3.05) is 26.7 Å². The van der Waals surface area contributed by atoms with E-state index in [1.54, 1.807) is 0 Å². The summed E-state index contributed by atoms with van der Waals surface area (Å²) in [6.07, 6.45) is 1.05. The summed E-state index contributed by atoms with van der Waals surface area (Å²) in [6.45, 7) is 10.1. The number of aliphatic imine (C=N–C) groups is 1. The maximum atomic E-state index is 5.58. The van der Waals surface area contributed by atoms with Crippen molar-refractivity contribution in [3.63, 3.8) is 0 Å². The first-order valence-corrected chi connectivity index (χ1v) is 9.26. The number of nitrogens with one attached hydrogen (secondary N) is 2. The van der Waals surface area contributed by atoms with Crippen molar-refractivity contribution in [2.45, 2.75) is 40.3 Å². The summed E-state index contributed by atoms with van der Waals surface area (Å²) in [6, 6.07) is 10.5. The van der Waals surface area contributed by atoms with Gasteiger partial charge in [0.05, 0.1) is 5.69 Å². The molecule has 0 radical (unpaired) electrons. The number of oxazole rings is 1. The molecule has 0 spiro atoms. The molecule has 0 aliphatic heterocycles. The van der Waals surface area contributed by atoms with E-state index in [4.69, 9.17) is 4.42 Å². The molecule has 0 bridgehead atoms. The van der Waals surface area contributed by atoms with Crippen LogP contribution in [0.4, 0.5) is 0 Å². The second-order valence-electron chi connectivity index (χ2n) is 6.45. The summed E-state index contributed by atoms with van der Waals surface area (Å²) in [5.41, 5.74) is 2.27. The lowest BCUT2D eigenvalue weighted by Gasteiger charge is -2.17. The number of rotatable bonds is 9. The molecule has 27 heavy (non-hydrogen) atoms. The molecule has 0 aliphatic carbocycles. The van der Waals surface area contributed by atoms with Crippen LogP contribution in [-0.4, -0.2) is 42.5 Å². The molecule has 1 aromatic carbocycles. The van der Waals surface area contributed by atoms with E-state index in [9.17, 15) is 0 Å². The lowest BCUT2D eigenvalue weighted by atomic mass is 10.2. The fraction of sp³-hybridized carbons (Fsp3) is 0.500. The molecule has 0 aliphatic rings. The van der Waals surface area contributed by atoms with Gasteiger partial charge in [-0.15, -0.1) is 24.0 Å². The Hall–Kier alpha value is -1.61. The lowest BCUT2D eigenvalue weighted by Crippen LogP contribution is -2.38. The van der Waals surface area contributed by atoms with Crippen LogP contribution in [0.3, 0.4) is 0 Å². The molecule has 2 aromatic rings. The predicted molar refractivity (Wildman–Crippen MR) is 122 cm³/mol. The molecule has 0 saturated heterocycles. The number of hydrogen-bond donors (Lipinski definition) is 2. The second-order valence-corrected chi connectivity index (χ2v) is 6.45. The second kappa shape index (κ2) is 12.7. The molecule has 0 fully saturated rings. The minimum atomic E-state index is 0. The van der Waals surface area contributed by atoms with Gasteiger partial charge in [0.1, 0.15) is 12.3 Å². The Morgan fingerprint density at radius 2 is 1.93 bits per heavy atom. The average Bonchev–Trinajstić information content (AvgIpc) is 2.95. The normalized spacial score (nSPS) is 11.4. The predicted octanol–water partition coefficient (Wildman–Crippen LogP) is 3.49. The topological polar surface area (TPSA) is 65.7 Å². The van der Waals surface area contributed by atoms with Gasteiger partial charge in [0.2, 0.25) is 5.89 Å². The molecule has 2 N–H and O–H groups in total. The summed E-state index contributed by atoms with van der Waals surface area (Å²) in [5.74, 6) is 2.31. The van der Waals surface area contributed by atoms with Crippen LogP contribution >= 0.6 is 24.0 Å². The molecule has 2 rings (SSSR count). The number of aromatic nitrogens is 1. The number of nitrogens with zero attached hydrogens (tertiary/aromatic N) is 3. The van der Waals surface area contributed by atoms with Gasteiger partial charge < -0.3 is 20.0 Å². The van der Waals surface area contributed by atoms with Crippen molar-refractivity contribution in [1.82, 2.24) is 20.5 Å². The van der Waals surface area contributed by atoms with Crippen LogP contribution in [0.5, 0.6) is 0 Å². The largest absolute Gasteiger partial charge is 0.444 e. The van der Waals surface area contributed by atoms with E-state index in [0.717, 1.165) is 50.0 Å². The van der Waals surface area contributed by atoms with E-state index >= 15 is 0 Å². The van der Waals surface area contributed by atoms with Gasteiger partial charge in [-0.2, -0.15) is 0 Å². The first kappa shape index (κ1) is 23.4. The summed E-state index contributed by atoms with van der Waals surface area (Å²) < 4.78 is 5.58. The summed E-state index contributed by atoms with van der Waals surface area (Å²) in [7, 11) is 2.15. The van der Waals surface area contributed by atoms with E-state index in [0.29, 0.717) is 12.4 Å². The van der Waals surface area contributed by atoms with Crippen molar-refractivity contribution in [3.8, 4) is 0 Å². The van der Waals surface area contributed by atoms with Crippen molar-refractivity contribution in [1.29, 1.82) is 0 Å². The Morgan fingerprint density at radius 3 is 2.56 bits per heavy atom. The molecule has 1 aromatic heterocycles. The number of halogens is 1. The molecule has 0 saturated carbocycles. The van der Waals surface area contributed by atoms with E-state index in [2.05, 4.69) is 69.8 Å². The number of benzene rings is 1. The summed E-state index contributed by atoms with van der Waals surface area (Å²) in [4.78, 5) is 11.2. The van der Waals surface area contributed by atoms with Crippen molar-refractivity contribution < 1.29 is 4.42 Å². The van der Waals surface area contributed by atoms with Gasteiger partial charge in [-0.05, 0) is 46.3 Å². The fourth-order valence-electron chi connectivity index (χ4n) is 2.63. The molecule has 1 heterocycles. The molecule has 150 valence electrons. The van der Waals surface area contributed by atoms with Crippen LogP contribution < -0.4 is 10.6 Å². The SMILES string of the molecule is CCNC(=NCc1nc(C)c(C)o1)NCCCN(C)Cc1ccccc1.I. The summed E-state index contributed by atoms with van der Waals surface area (Å²) >= 11 is 0. The van der Waals surface area contributed by atoms with Crippen molar-refractivity contribution in [3.05, 3.63) is 53.2 Å². The third-order valence-corrected chi connectivity index (χ3v) is 4.09. The molecule has 6 nitrogen and oxygen atoms in total. The van der Waals surface area contributed by atoms with Crippen molar-refractivity contribution in [2.24, 2.45) is 4.99 Å². The fourth-order valence-corrected chi connectivity index (χ4v) is 2.63. The average molecular weight is 485 g/mol. The van der Waals surface area contributed by atoms with E-state index < -0.39 is 0 Å². The Balaban J connectivity index is 0.00000364. The zero-order chi connectivity index (χ0) is 18.8. The minimum Gasteiger partial charge on any atom is -0.444 e. The minimum absolute atomic E-state index is 0. The zero-order valence-corrected chi connectivity index (χ0v) is 19.1. The van der Waals surface area contributed by atoms with Gasteiger partial charge in [0, 0.05) is 19.6 Å². The maximum Gasteiger partial charge on any atom is 0.216 e. The Morgan fingerprint density at radius 1 is 1.19 bits per heavy atom. The van der Waals surface area contributed by atoms with Gasteiger partial charge in [-0.25, -0.2) is 9.98 Å². The van der Waals surface area contributed by atoms with E-state index in [1.807, 2.05) is 13.8 Å². The first-order valence-electron chi connectivity index (χ1n) is 9.26. The van der Waals surface area contributed by atoms with Crippen LogP contribution in [0.2, 0.25) is 0 Å². The van der Waals surface area contributed by atoms with Gasteiger partial charge in [0.15, 0.2) is 5.96 Å². The van der Waals surface area contributed by atoms with E-state index in [1.165, 1.54) is 5.56 Å². The van der Waals surface area contributed by atoms with Gasteiger partial charge in [0.25, 0.3) is 0 Å². The Kier molecular flexibility index (Phi) is 11.0.